The van der Waals surface area contributed by atoms with Crippen LogP contribution in [0, 0.1) is 6.92 Å². The number of hydrogen-bond donors (Lipinski definition) is 1. The van der Waals surface area contributed by atoms with Gasteiger partial charge in [-0.25, -0.2) is 9.78 Å². The van der Waals surface area contributed by atoms with Crippen LogP contribution in [0.2, 0.25) is 0 Å². The van der Waals surface area contributed by atoms with Crippen molar-refractivity contribution in [3.63, 3.8) is 0 Å². The molecule has 0 spiro atoms. The molecule has 0 aliphatic carbocycles. The molecule has 1 aromatic carbocycles. The summed E-state index contributed by atoms with van der Waals surface area (Å²) >= 11 is 0. The summed E-state index contributed by atoms with van der Waals surface area (Å²) in [5.74, 6) is 0.482. The van der Waals surface area contributed by atoms with E-state index in [2.05, 4.69) is 27.7 Å². The van der Waals surface area contributed by atoms with Crippen molar-refractivity contribution in [2.24, 2.45) is 0 Å². The summed E-state index contributed by atoms with van der Waals surface area (Å²) in [4.78, 5) is 21.7. The van der Waals surface area contributed by atoms with Gasteiger partial charge in [-0.3, -0.25) is 4.98 Å². The number of rotatable bonds is 5. The van der Waals surface area contributed by atoms with E-state index in [-0.39, 0.29) is 23.8 Å². The zero-order valence-corrected chi connectivity index (χ0v) is 23.0. The van der Waals surface area contributed by atoms with Crippen LogP contribution in [-0.4, -0.2) is 43.0 Å². The molecular formula is C31H30N4O5. The van der Waals surface area contributed by atoms with Crippen LogP contribution in [0.25, 0.3) is 33.3 Å². The Morgan fingerprint density at radius 1 is 1.15 bits per heavy atom. The van der Waals surface area contributed by atoms with E-state index in [1.54, 1.807) is 18.3 Å². The SMILES string of the molecule is Cc1onc2c1-c1cnc3c(c1)c(cn3[C@@H](C)c1ccccn1)-c1c(OC(C)C)cc(C(=O)O)cc1OC(C)C2. The molecule has 5 heterocycles. The Morgan fingerprint density at radius 3 is 2.70 bits per heavy atom. The fourth-order valence-electron chi connectivity index (χ4n) is 5.40. The molecule has 0 saturated heterocycles. The maximum atomic E-state index is 12.1. The van der Waals surface area contributed by atoms with E-state index in [1.807, 2.05) is 58.3 Å². The zero-order valence-electron chi connectivity index (χ0n) is 23.0. The second-order valence-electron chi connectivity index (χ2n) is 10.5. The largest absolute Gasteiger partial charge is 0.490 e. The van der Waals surface area contributed by atoms with Gasteiger partial charge in [-0.15, -0.1) is 0 Å². The van der Waals surface area contributed by atoms with Crippen molar-refractivity contribution in [3.8, 4) is 33.8 Å². The quantitative estimate of drug-likeness (QED) is 0.271. The minimum atomic E-state index is -1.06. The lowest BCUT2D eigenvalue weighted by Crippen LogP contribution is -2.17. The maximum Gasteiger partial charge on any atom is 0.335 e. The summed E-state index contributed by atoms with van der Waals surface area (Å²) in [5, 5.41) is 15.1. The van der Waals surface area contributed by atoms with E-state index in [1.165, 1.54) is 0 Å². The maximum absolute atomic E-state index is 12.1. The third kappa shape index (κ3) is 4.37. The number of hydrogen-bond acceptors (Lipinski definition) is 7. The number of carbonyl (C=O) groups is 1. The van der Waals surface area contributed by atoms with Crippen LogP contribution < -0.4 is 9.47 Å². The fraction of sp³-hybridized carbons (Fsp3) is 0.290. The van der Waals surface area contributed by atoms with Crippen LogP contribution in [0.3, 0.4) is 0 Å². The van der Waals surface area contributed by atoms with Crippen molar-refractivity contribution in [2.75, 3.05) is 0 Å². The van der Waals surface area contributed by atoms with E-state index < -0.39 is 5.97 Å². The molecule has 1 N–H and O–H groups in total. The van der Waals surface area contributed by atoms with E-state index in [0.29, 0.717) is 29.2 Å². The van der Waals surface area contributed by atoms with Gasteiger partial charge in [-0.2, -0.15) is 0 Å². The van der Waals surface area contributed by atoms with Crippen molar-refractivity contribution in [1.82, 2.24) is 19.7 Å². The first-order valence-electron chi connectivity index (χ1n) is 13.3. The molecule has 5 aromatic rings. The third-order valence-electron chi connectivity index (χ3n) is 7.18. The predicted octanol–water partition coefficient (Wildman–Crippen LogP) is 6.48. The Labute approximate surface area is 231 Å². The van der Waals surface area contributed by atoms with Crippen LogP contribution in [-0.2, 0) is 6.42 Å². The number of ether oxygens (including phenoxy) is 2. The highest BCUT2D eigenvalue weighted by Crippen LogP contribution is 2.46. The van der Waals surface area contributed by atoms with Crippen molar-refractivity contribution in [3.05, 3.63) is 77.7 Å². The van der Waals surface area contributed by atoms with E-state index in [0.717, 1.165) is 39.1 Å². The molecule has 4 aromatic heterocycles. The predicted molar refractivity (Wildman–Crippen MR) is 150 cm³/mol. The molecule has 0 saturated carbocycles. The average Bonchev–Trinajstić information content (AvgIpc) is 3.47. The van der Waals surface area contributed by atoms with Crippen molar-refractivity contribution >= 4 is 17.0 Å². The lowest BCUT2D eigenvalue weighted by molar-refractivity contribution is 0.0695. The molecule has 6 rings (SSSR count). The van der Waals surface area contributed by atoms with Gasteiger partial charge in [0.05, 0.1) is 34.7 Å². The van der Waals surface area contributed by atoms with Crippen LogP contribution in [0.15, 0.2) is 59.5 Å². The summed E-state index contributed by atoms with van der Waals surface area (Å²) in [6, 6.07) is 10.9. The molecule has 1 aliphatic heterocycles. The van der Waals surface area contributed by atoms with Crippen molar-refractivity contribution in [1.29, 1.82) is 0 Å². The fourth-order valence-corrected chi connectivity index (χ4v) is 5.40. The van der Waals surface area contributed by atoms with Gasteiger partial charge in [-0.1, -0.05) is 11.2 Å². The summed E-state index contributed by atoms with van der Waals surface area (Å²) in [7, 11) is 0. The van der Waals surface area contributed by atoms with Gasteiger partial charge in [0.25, 0.3) is 0 Å². The molecule has 0 fully saturated rings. The lowest BCUT2D eigenvalue weighted by Gasteiger charge is -2.21. The molecule has 204 valence electrons. The average molecular weight is 539 g/mol. The first-order valence-corrected chi connectivity index (χ1v) is 13.3. The topological polar surface area (TPSA) is 112 Å². The van der Waals surface area contributed by atoms with Gasteiger partial charge in [0, 0.05) is 47.1 Å². The van der Waals surface area contributed by atoms with Crippen LogP contribution >= 0.6 is 0 Å². The second kappa shape index (κ2) is 9.82. The molecule has 0 radical (unpaired) electrons. The minimum Gasteiger partial charge on any atom is -0.490 e. The Bertz CT molecular complexity index is 1740. The Morgan fingerprint density at radius 2 is 1.98 bits per heavy atom. The number of nitrogens with zero attached hydrogens (tertiary/aromatic N) is 4. The highest BCUT2D eigenvalue weighted by Gasteiger charge is 2.28. The number of aryl methyl sites for hydroxylation is 1. The standard InChI is InChI=1S/C31H30N4O5/c1-16(2)38-26-12-20(31(36)37)13-27-29(26)23-15-35(18(4)24-8-6-7-9-32-24)30-22(23)11-21(14-33-30)28-19(5)40-34-25(28)10-17(3)39-27/h6-9,11-18H,10H2,1-5H3,(H,36,37)/t17?,18-/m0/s1. The summed E-state index contributed by atoms with van der Waals surface area (Å²) < 4.78 is 20.4. The Kier molecular flexibility index (Phi) is 6.29. The van der Waals surface area contributed by atoms with Gasteiger partial charge in [0.1, 0.15) is 29.0 Å². The van der Waals surface area contributed by atoms with E-state index in [9.17, 15) is 9.90 Å². The number of aromatic nitrogens is 4. The number of carboxylic acid groups (broad SMARTS) is 1. The lowest BCUT2D eigenvalue weighted by atomic mass is 9.98. The molecule has 2 atom stereocenters. The third-order valence-corrected chi connectivity index (χ3v) is 7.18. The summed E-state index contributed by atoms with van der Waals surface area (Å²) in [6.45, 7) is 9.72. The van der Waals surface area contributed by atoms with Gasteiger partial charge < -0.3 is 23.7 Å². The van der Waals surface area contributed by atoms with Crippen molar-refractivity contribution < 1.29 is 23.9 Å². The van der Waals surface area contributed by atoms with Gasteiger partial charge in [0.2, 0.25) is 0 Å². The number of fused-ring (bicyclic) bond motifs is 5. The molecule has 9 heteroatoms. The number of benzene rings is 1. The minimum absolute atomic E-state index is 0.0823. The summed E-state index contributed by atoms with van der Waals surface area (Å²) in [6.07, 6.45) is 5.58. The zero-order chi connectivity index (χ0) is 28.1. The second-order valence-corrected chi connectivity index (χ2v) is 10.5. The molecular weight excluding hydrogens is 508 g/mol. The van der Waals surface area contributed by atoms with Crippen LogP contribution in [0.5, 0.6) is 11.5 Å². The number of aromatic carboxylic acids is 1. The first-order chi connectivity index (χ1) is 19.2. The number of carboxylic acids is 1. The Hall–Kier alpha value is -4.66. The first kappa shape index (κ1) is 25.6. The highest BCUT2D eigenvalue weighted by molar-refractivity contribution is 6.01. The molecule has 40 heavy (non-hydrogen) atoms. The van der Waals surface area contributed by atoms with Crippen molar-refractivity contribution in [2.45, 2.75) is 59.3 Å². The summed E-state index contributed by atoms with van der Waals surface area (Å²) in [5.41, 5.74) is 5.75. The van der Waals surface area contributed by atoms with E-state index >= 15 is 0 Å². The smallest absolute Gasteiger partial charge is 0.335 e. The van der Waals surface area contributed by atoms with Crippen LogP contribution in [0.1, 0.15) is 61.2 Å². The molecule has 1 aliphatic rings. The van der Waals surface area contributed by atoms with Gasteiger partial charge in [0.15, 0.2) is 0 Å². The highest BCUT2D eigenvalue weighted by atomic mass is 16.5. The molecule has 9 nitrogen and oxygen atoms in total. The van der Waals surface area contributed by atoms with Gasteiger partial charge >= 0.3 is 5.97 Å². The monoisotopic (exact) mass is 538 g/mol. The molecule has 1 unspecified atom stereocenters. The van der Waals surface area contributed by atoms with Gasteiger partial charge in [-0.05, 0) is 65.0 Å². The normalized spacial score (nSPS) is 15.3. The number of pyridine rings is 2. The Balaban J connectivity index is 1.71. The van der Waals surface area contributed by atoms with Crippen LogP contribution in [0.4, 0.5) is 0 Å². The van der Waals surface area contributed by atoms with E-state index in [4.69, 9.17) is 19.0 Å². The molecule has 0 amide bonds. The molecule has 2 bridgehead atoms.